The van der Waals surface area contributed by atoms with Crippen molar-refractivity contribution in [2.24, 2.45) is 5.73 Å². The van der Waals surface area contributed by atoms with Gasteiger partial charge in [0.2, 0.25) is 0 Å². The SMILES string of the molecule is C=C/C=C(N)/C=C\C. The number of rotatable bonds is 2. The molecular formula is C7H11N. The predicted molar refractivity (Wildman–Crippen MR) is 37.3 cm³/mol. The molecule has 44 valence electrons. The zero-order chi connectivity index (χ0) is 6.41. The smallest absolute Gasteiger partial charge is 0.0310 e. The number of nitrogens with two attached hydrogens (primary N) is 1. The lowest BCUT2D eigenvalue weighted by molar-refractivity contribution is 1.42. The van der Waals surface area contributed by atoms with E-state index in [1.54, 1.807) is 12.2 Å². The van der Waals surface area contributed by atoms with E-state index in [0.29, 0.717) is 0 Å². The zero-order valence-electron chi connectivity index (χ0n) is 5.09. The summed E-state index contributed by atoms with van der Waals surface area (Å²) in [6.07, 6.45) is 7.12. The lowest BCUT2D eigenvalue weighted by atomic mass is 10.4. The van der Waals surface area contributed by atoms with E-state index < -0.39 is 0 Å². The van der Waals surface area contributed by atoms with Gasteiger partial charge in [-0.05, 0) is 19.1 Å². The van der Waals surface area contributed by atoms with E-state index in [4.69, 9.17) is 5.73 Å². The molecule has 0 aliphatic rings. The van der Waals surface area contributed by atoms with E-state index in [2.05, 4.69) is 6.58 Å². The summed E-state index contributed by atoms with van der Waals surface area (Å²) in [5, 5.41) is 0. The van der Waals surface area contributed by atoms with Crippen LogP contribution in [0.1, 0.15) is 6.92 Å². The summed E-state index contributed by atoms with van der Waals surface area (Å²) in [6.45, 7) is 5.41. The van der Waals surface area contributed by atoms with E-state index in [9.17, 15) is 0 Å². The van der Waals surface area contributed by atoms with Crippen LogP contribution in [0.15, 0.2) is 36.6 Å². The molecule has 0 aliphatic carbocycles. The summed E-state index contributed by atoms with van der Waals surface area (Å²) in [7, 11) is 0. The molecule has 0 aromatic heterocycles. The fraction of sp³-hybridized carbons (Fsp3) is 0.143. The summed E-state index contributed by atoms with van der Waals surface area (Å²) < 4.78 is 0. The highest BCUT2D eigenvalue weighted by Crippen LogP contribution is 1.84. The maximum absolute atomic E-state index is 5.40. The van der Waals surface area contributed by atoms with Crippen molar-refractivity contribution >= 4 is 0 Å². The van der Waals surface area contributed by atoms with Gasteiger partial charge in [-0.2, -0.15) is 0 Å². The van der Waals surface area contributed by atoms with Gasteiger partial charge in [-0.25, -0.2) is 0 Å². The third-order valence-electron chi connectivity index (χ3n) is 0.669. The Hall–Kier alpha value is -0.980. The van der Waals surface area contributed by atoms with Crippen LogP contribution in [0.5, 0.6) is 0 Å². The second kappa shape index (κ2) is 4.19. The molecule has 0 unspecified atom stereocenters. The predicted octanol–water partition coefficient (Wildman–Crippen LogP) is 1.59. The monoisotopic (exact) mass is 109 g/mol. The van der Waals surface area contributed by atoms with Gasteiger partial charge in [-0.1, -0.05) is 18.7 Å². The molecule has 0 saturated heterocycles. The lowest BCUT2D eigenvalue weighted by Gasteiger charge is -1.84. The second-order valence-electron chi connectivity index (χ2n) is 1.40. The largest absolute Gasteiger partial charge is 0.399 e. The lowest BCUT2D eigenvalue weighted by Crippen LogP contribution is -1.90. The van der Waals surface area contributed by atoms with Crippen molar-refractivity contribution in [2.75, 3.05) is 0 Å². The van der Waals surface area contributed by atoms with Crippen molar-refractivity contribution in [3.8, 4) is 0 Å². The zero-order valence-corrected chi connectivity index (χ0v) is 5.09. The molecule has 0 aliphatic heterocycles. The topological polar surface area (TPSA) is 26.0 Å². The Labute approximate surface area is 50.2 Å². The summed E-state index contributed by atoms with van der Waals surface area (Å²) >= 11 is 0. The first kappa shape index (κ1) is 7.02. The Morgan fingerprint density at radius 3 is 2.62 bits per heavy atom. The van der Waals surface area contributed by atoms with Crippen LogP contribution in [-0.2, 0) is 0 Å². The molecule has 1 heteroatoms. The van der Waals surface area contributed by atoms with Crippen molar-refractivity contribution < 1.29 is 0 Å². The quantitative estimate of drug-likeness (QED) is 0.535. The highest BCUT2D eigenvalue weighted by molar-refractivity contribution is 5.18. The number of hydrogen-bond acceptors (Lipinski definition) is 1. The molecule has 0 atom stereocenters. The van der Waals surface area contributed by atoms with Crippen LogP contribution >= 0.6 is 0 Å². The number of hydrogen-bond donors (Lipinski definition) is 1. The molecule has 0 fully saturated rings. The van der Waals surface area contributed by atoms with Crippen molar-refractivity contribution in [3.05, 3.63) is 36.6 Å². The van der Waals surface area contributed by atoms with Crippen LogP contribution in [-0.4, -0.2) is 0 Å². The summed E-state index contributed by atoms with van der Waals surface area (Å²) in [5.74, 6) is 0. The molecule has 0 bridgehead atoms. The van der Waals surface area contributed by atoms with Gasteiger partial charge in [-0.15, -0.1) is 0 Å². The van der Waals surface area contributed by atoms with Crippen LogP contribution in [0.4, 0.5) is 0 Å². The summed E-state index contributed by atoms with van der Waals surface area (Å²) in [5.41, 5.74) is 6.14. The van der Waals surface area contributed by atoms with E-state index in [0.717, 1.165) is 5.70 Å². The van der Waals surface area contributed by atoms with Crippen LogP contribution in [0, 0.1) is 0 Å². The van der Waals surface area contributed by atoms with Gasteiger partial charge in [0.05, 0.1) is 0 Å². The first-order chi connectivity index (χ1) is 3.81. The fourth-order valence-electron chi connectivity index (χ4n) is 0.384. The Balaban J connectivity index is 3.79. The Bertz CT molecular complexity index is 120. The van der Waals surface area contributed by atoms with E-state index in [1.165, 1.54) is 0 Å². The molecule has 0 radical (unpaired) electrons. The third kappa shape index (κ3) is 3.22. The van der Waals surface area contributed by atoms with E-state index >= 15 is 0 Å². The maximum atomic E-state index is 5.40. The Morgan fingerprint density at radius 2 is 2.25 bits per heavy atom. The van der Waals surface area contributed by atoms with Gasteiger partial charge in [-0.3, -0.25) is 0 Å². The molecule has 0 rings (SSSR count). The summed E-state index contributed by atoms with van der Waals surface area (Å²) in [6, 6.07) is 0. The number of allylic oxidation sites excluding steroid dienone is 4. The van der Waals surface area contributed by atoms with Gasteiger partial charge in [0.25, 0.3) is 0 Å². The average molecular weight is 109 g/mol. The molecule has 2 N–H and O–H groups in total. The fourth-order valence-corrected chi connectivity index (χ4v) is 0.384. The van der Waals surface area contributed by atoms with E-state index in [-0.39, 0.29) is 0 Å². The molecule has 0 amide bonds. The average Bonchev–Trinajstić information content (AvgIpc) is 1.68. The van der Waals surface area contributed by atoms with Crippen molar-refractivity contribution in [2.45, 2.75) is 6.92 Å². The minimum absolute atomic E-state index is 0.738. The normalized spacial score (nSPS) is 12.4. The Morgan fingerprint density at radius 1 is 1.62 bits per heavy atom. The molecule has 8 heavy (non-hydrogen) atoms. The minimum Gasteiger partial charge on any atom is -0.399 e. The molecule has 0 saturated carbocycles. The van der Waals surface area contributed by atoms with Gasteiger partial charge in [0, 0.05) is 5.70 Å². The molecule has 1 nitrogen and oxygen atoms in total. The minimum atomic E-state index is 0.738. The molecular weight excluding hydrogens is 98.1 g/mol. The van der Waals surface area contributed by atoms with Crippen LogP contribution in [0.2, 0.25) is 0 Å². The van der Waals surface area contributed by atoms with Gasteiger partial charge in [0.15, 0.2) is 0 Å². The van der Waals surface area contributed by atoms with Crippen molar-refractivity contribution in [1.29, 1.82) is 0 Å². The molecule has 0 spiro atoms. The van der Waals surface area contributed by atoms with Crippen LogP contribution in [0.3, 0.4) is 0 Å². The van der Waals surface area contributed by atoms with Gasteiger partial charge in [0.1, 0.15) is 0 Å². The molecule has 0 aromatic carbocycles. The highest BCUT2D eigenvalue weighted by Gasteiger charge is 1.71. The van der Waals surface area contributed by atoms with E-state index in [1.807, 2.05) is 19.1 Å². The van der Waals surface area contributed by atoms with Crippen molar-refractivity contribution in [3.63, 3.8) is 0 Å². The molecule has 0 heterocycles. The van der Waals surface area contributed by atoms with Gasteiger partial charge < -0.3 is 5.73 Å². The second-order valence-corrected chi connectivity index (χ2v) is 1.40. The highest BCUT2D eigenvalue weighted by atomic mass is 14.5. The van der Waals surface area contributed by atoms with Crippen molar-refractivity contribution in [1.82, 2.24) is 0 Å². The summed E-state index contributed by atoms with van der Waals surface area (Å²) in [4.78, 5) is 0. The first-order valence-corrected chi connectivity index (χ1v) is 2.52. The first-order valence-electron chi connectivity index (χ1n) is 2.52. The molecule has 0 aromatic rings. The standard InChI is InChI=1S/C7H11N/c1-3-5-7(8)6-4-2/h3-6H,1,8H2,2H3/b6-4-,7-5-. The maximum Gasteiger partial charge on any atom is 0.0310 e. The van der Waals surface area contributed by atoms with Crippen LogP contribution in [0.25, 0.3) is 0 Å². The Kier molecular flexibility index (Phi) is 3.67. The van der Waals surface area contributed by atoms with Crippen LogP contribution < -0.4 is 5.73 Å². The third-order valence-corrected chi connectivity index (χ3v) is 0.669. The van der Waals surface area contributed by atoms with Gasteiger partial charge >= 0.3 is 0 Å².